The van der Waals surface area contributed by atoms with Gasteiger partial charge in [-0.2, -0.15) is 9.78 Å². The van der Waals surface area contributed by atoms with Gasteiger partial charge in [-0.3, -0.25) is 9.59 Å². The van der Waals surface area contributed by atoms with Gasteiger partial charge in [-0.05, 0) is 36.4 Å². The van der Waals surface area contributed by atoms with Crippen LogP contribution in [0.25, 0.3) is 5.69 Å². The first-order valence-corrected chi connectivity index (χ1v) is 7.64. The van der Waals surface area contributed by atoms with Crippen LogP contribution in [0, 0.1) is 5.82 Å². The largest absolute Gasteiger partial charge is 0.481 e. The number of carbonyl (C=O) groups excluding carboxylic acids is 1. The topological polar surface area (TPSA) is 77.3 Å². The van der Waals surface area contributed by atoms with Gasteiger partial charge in [0.25, 0.3) is 11.5 Å². The smallest absolute Gasteiger partial charge is 0.278 e. The molecule has 3 aromatic rings. The predicted octanol–water partition coefficient (Wildman–Crippen LogP) is 2.05. The number of amides is 1. The highest BCUT2D eigenvalue weighted by atomic mass is 19.1. The maximum atomic E-state index is 13.1. The Hall–Kier alpha value is -3.55. The van der Waals surface area contributed by atoms with E-state index in [2.05, 4.69) is 10.1 Å². The molecule has 2 aromatic heterocycles. The van der Waals surface area contributed by atoms with Crippen LogP contribution in [0.3, 0.4) is 0 Å². The minimum Gasteiger partial charge on any atom is -0.481 e. The number of benzene rings is 1. The van der Waals surface area contributed by atoms with Gasteiger partial charge in [0.2, 0.25) is 5.88 Å². The number of aromatic nitrogens is 3. The summed E-state index contributed by atoms with van der Waals surface area (Å²) in [6, 6.07) is 11.2. The van der Waals surface area contributed by atoms with Crippen LogP contribution in [0.4, 0.5) is 10.1 Å². The summed E-state index contributed by atoms with van der Waals surface area (Å²) in [6.45, 7) is 0. The standard InChI is InChI=1S/C18H15FN4O3/c1-22(14-7-9-16(26-2)20-11-14)18(25)15-8-10-17(24)23(21-15)13-5-3-12(19)4-6-13/h3-11H,1-2H3. The van der Waals surface area contributed by atoms with Crippen molar-refractivity contribution in [2.24, 2.45) is 0 Å². The van der Waals surface area contributed by atoms with Crippen molar-refractivity contribution in [3.63, 3.8) is 0 Å². The number of rotatable bonds is 4. The van der Waals surface area contributed by atoms with Crippen molar-refractivity contribution in [3.8, 4) is 11.6 Å². The average molecular weight is 354 g/mol. The van der Waals surface area contributed by atoms with E-state index in [9.17, 15) is 14.0 Å². The lowest BCUT2D eigenvalue weighted by atomic mass is 10.3. The summed E-state index contributed by atoms with van der Waals surface area (Å²) in [4.78, 5) is 30.1. The zero-order valence-electron chi connectivity index (χ0n) is 14.1. The normalized spacial score (nSPS) is 10.4. The summed E-state index contributed by atoms with van der Waals surface area (Å²) in [5, 5.41) is 4.10. The molecule has 0 saturated heterocycles. The molecule has 3 rings (SSSR count). The van der Waals surface area contributed by atoms with E-state index in [-0.39, 0.29) is 5.69 Å². The lowest BCUT2D eigenvalue weighted by Gasteiger charge is -2.17. The van der Waals surface area contributed by atoms with Gasteiger partial charge in [0.05, 0.1) is 24.7 Å². The van der Waals surface area contributed by atoms with Crippen LogP contribution in [-0.2, 0) is 0 Å². The molecule has 0 aliphatic rings. The second-order valence-electron chi connectivity index (χ2n) is 5.37. The lowest BCUT2D eigenvalue weighted by molar-refractivity contribution is 0.0986. The summed E-state index contributed by atoms with van der Waals surface area (Å²) >= 11 is 0. The Bertz CT molecular complexity index is 985. The Morgan fingerprint density at radius 1 is 1.12 bits per heavy atom. The summed E-state index contributed by atoms with van der Waals surface area (Å²) in [5.41, 5.74) is 0.533. The number of methoxy groups -OCH3 is 1. The molecule has 0 spiro atoms. The van der Waals surface area contributed by atoms with Gasteiger partial charge in [0, 0.05) is 19.2 Å². The third kappa shape index (κ3) is 3.44. The highest BCUT2D eigenvalue weighted by Crippen LogP contribution is 2.16. The van der Waals surface area contributed by atoms with E-state index >= 15 is 0 Å². The molecule has 2 heterocycles. The third-order valence-electron chi connectivity index (χ3n) is 3.71. The van der Waals surface area contributed by atoms with Crippen molar-refractivity contribution >= 4 is 11.6 Å². The fourth-order valence-corrected chi connectivity index (χ4v) is 2.27. The first-order valence-electron chi connectivity index (χ1n) is 7.64. The fourth-order valence-electron chi connectivity index (χ4n) is 2.27. The quantitative estimate of drug-likeness (QED) is 0.717. The molecule has 132 valence electrons. The zero-order chi connectivity index (χ0) is 18.7. The van der Waals surface area contributed by atoms with E-state index in [4.69, 9.17) is 4.74 Å². The van der Waals surface area contributed by atoms with Crippen molar-refractivity contribution < 1.29 is 13.9 Å². The summed E-state index contributed by atoms with van der Waals surface area (Å²) in [5.74, 6) is -0.425. The molecule has 0 unspecified atom stereocenters. The van der Waals surface area contributed by atoms with Crippen molar-refractivity contribution in [3.05, 3.63) is 76.6 Å². The molecule has 0 aliphatic heterocycles. The summed E-state index contributed by atoms with van der Waals surface area (Å²) < 4.78 is 19.1. The molecule has 1 amide bonds. The van der Waals surface area contributed by atoms with Crippen LogP contribution in [0.2, 0.25) is 0 Å². The molecule has 26 heavy (non-hydrogen) atoms. The first kappa shape index (κ1) is 17.3. The van der Waals surface area contributed by atoms with Crippen LogP contribution >= 0.6 is 0 Å². The molecule has 0 fully saturated rings. The molecule has 0 atom stereocenters. The Balaban J connectivity index is 1.93. The van der Waals surface area contributed by atoms with Gasteiger partial charge < -0.3 is 9.64 Å². The maximum Gasteiger partial charge on any atom is 0.278 e. The molecular formula is C18H15FN4O3. The molecular weight excluding hydrogens is 339 g/mol. The number of hydrogen-bond acceptors (Lipinski definition) is 5. The molecule has 0 saturated carbocycles. The van der Waals surface area contributed by atoms with Crippen LogP contribution in [-0.4, -0.2) is 34.8 Å². The Morgan fingerprint density at radius 3 is 2.46 bits per heavy atom. The Morgan fingerprint density at radius 2 is 1.85 bits per heavy atom. The van der Waals surface area contributed by atoms with Gasteiger partial charge in [0.15, 0.2) is 0 Å². The van der Waals surface area contributed by atoms with Gasteiger partial charge in [-0.25, -0.2) is 9.37 Å². The number of anilines is 1. The molecule has 0 bridgehead atoms. The summed E-state index contributed by atoms with van der Waals surface area (Å²) in [6.07, 6.45) is 1.49. The molecule has 1 aromatic carbocycles. The predicted molar refractivity (Wildman–Crippen MR) is 93.3 cm³/mol. The minimum atomic E-state index is -0.430. The van der Waals surface area contributed by atoms with Crippen molar-refractivity contribution in [2.45, 2.75) is 0 Å². The molecule has 7 nitrogen and oxygen atoms in total. The monoisotopic (exact) mass is 354 g/mol. The second-order valence-corrected chi connectivity index (χ2v) is 5.37. The second kappa shape index (κ2) is 7.14. The van der Waals surface area contributed by atoms with Gasteiger partial charge in [0.1, 0.15) is 11.5 Å². The third-order valence-corrected chi connectivity index (χ3v) is 3.71. The minimum absolute atomic E-state index is 0.0623. The number of halogens is 1. The van der Waals surface area contributed by atoms with E-state index < -0.39 is 17.3 Å². The van der Waals surface area contributed by atoms with Crippen LogP contribution in [0.1, 0.15) is 10.5 Å². The fraction of sp³-hybridized carbons (Fsp3) is 0.111. The number of ether oxygens (including phenoxy) is 1. The number of nitrogens with zero attached hydrogens (tertiary/aromatic N) is 4. The van der Waals surface area contributed by atoms with Crippen LogP contribution in [0.15, 0.2) is 59.5 Å². The van der Waals surface area contributed by atoms with Crippen molar-refractivity contribution in [1.82, 2.24) is 14.8 Å². The number of hydrogen-bond donors (Lipinski definition) is 0. The molecule has 0 radical (unpaired) electrons. The average Bonchev–Trinajstić information content (AvgIpc) is 2.68. The van der Waals surface area contributed by atoms with Crippen LogP contribution < -0.4 is 15.2 Å². The van der Waals surface area contributed by atoms with E-state index in [0.29, 0.717) is 17.3 Å². The highest BCUT2D eigenvalue weighted by Gasteiger charge is 2.17. The molecule has 0 N–H and O–H groups in total. The Labute approximate surface area is 148 Å². The number of pyridine rings is 1. The SMILES string of the molecule is COc1ccc(N(C)C(=O)c2ccc(=O)n(-c3ccc(F)cc3)n2)cn1. The number of carbonyl (C=O) groups is 1. The maximum absolute atomic E-state index is 13.1. The van der Waals surface area contributed by atoms with Gasteiger partial charge >= 0.3 is 0 Å². The van der Waals surface area contributed by atoms with E-state index in [0.717, 1.165) is 4.68 Å². The zero-order valence-corrected chi connectivity index (χ0v) is 14.1. The summed E-state index contributed by atoms with van der Waals surface area (Å²) in [7, 11) is 3.07. The van der Waals surface area contributed by atoms with E-state index in [1.165, 1.54) is 54.6 Å². The highest BCUT2D eigenvalue weighted by molar-refractivity contribution is 6.04. The van der Waals surface area contributed by atoms with Gasteiger partial charge in [-0.1, -0.05) is 0 Å². The van der Waals surface area contributed by atoms with E-state index in [1.807, 2.05) is 0 Å². The Kier molecular flexibility index (Phi) is 4.74. The van der Waals surface area contributed by atoms with Gasteiger partial charge in [-0.15, -0.1) is 0 Å². The van der Waals surface area contributed by atoms with Crippen LogP contribution in [0.5, 0.6) is 5.88 Å². The van der Waals surface area contributed by atoms with Crippen molar-refractivity contribution in [1.29, 1.82) is 0 Å². The molecule has 8 heteroatoms. The molecule has 0 aliphatic carbocycles. The lowest BCUT2D eigenvalue weighted by Crippen LogP contribution is -2.30. The first-order chi connectivity index (χ1) is 12.5. The van der Waals surface area contributed by atoms with E-state index in [1.54, 1.807) is 19.2 Å². The van der Waals surface area contributed by atoms with Crippen molar-refractivity contribution in [2.75, 3.05) is 19.1 Å².